The molecule has 0 unspecified atom stereocenters. The molecule has 0 aromatic carbocycles. The van der Waals surface area contributed by atoms with Crippen LogP contribution in [0.2, 0.25) is 24.7 Å². The minimum absolute atomic E-state index is 1.01. The van der Waals surface area contributed by atoms with Crippen molar-refractivity contribution in [2.45, 2.75) is 52.4 Å². The second-order valence-corrected chi connectivity index (χ2v) is 13.4. The lowest BCUT2D eigenvalue weighted by molar-refractivity contribution is 0.234. The second kappa shape index (κ2) is 7.68. The lowest BCUT2D eigenvalue weighted by Crippen LogP contribution is -2.59. The Hall–Kier alpha value is 0.314. The summed E-state index contributed by atoms with van der Waals surface area (Å²) in [5.41, 5.74) is 0. The molecular formula is C12H31NO2Si2. The molecule has 0 aromatic heterocycles. The van der Waals surface area contributed by atoms with Crippen LogP contribution in [0, 0.1) is 0 Å². The number of nitrogens with zero attached hydrogens (tertiary/aromatic N) is 1. The van der Waals surface area contributed by atoms with Gasteiger partial charge in [-0.3, -0.25) is 0 Å². The molecule has 0 heterocycles. The van der Waals surface area contributed by atoms with Gasteiger partial charge in [-0.1, -0.05) is 27.7 Å². The zero-order valence-corrected chi connectivity index (χ0v) is 14.8. The van der Waals surface area contributed by atoms with E-state index in [4.69, 9.17) is 8.85 Å². The van der Waals surface area contributed by atoms with Gasteiger partial charge >= 0.3 is 8.56 Å². The van der Waals surface area contributed by atoms with Gasteiger partial charge in [0.15, 0.2) is 0 Å². The maximum Gasteiger partial charge on any atom is 0.348 e. The van der Waals surface area contributed by atoms with Crippen LogP contribution in [0.15, 0.2) is 0 Å². The zero-order chi connectivity index (χ0) is 13.5. The van der Waals surface area contributed by atoms with Crippen LogP contribution in [-0.2, 0) is 8.85 Å². The Balaban J connectivity index is 4.93. The molecule has 17 heavy (non-hydrogen) atoms. The van der Waals surface area contributed by atoms with Gasteiger partial charge in [0.1, 0.15) is 8.24 Å². The van der Waals surface area contributed by atoms with Crippen molar-refractivity contribution in [3.63, 3.8) is 0 Å². The Labute approximate surface area is 110 Å². The van der Waals surface area contributed by atoms with Gasteiger partial charge in [0.25, 0.3) is 0 Å². The molecule has 0 saturated carbocycles. The third-order valence-corrected chi connectivity index (χ3v) is 13.1. The first-order chi connectivity index (χ1) is 7.97. The maximum absolute atomic E-state index is 5.65. The Morgan fingerprint density at radius 2 is 1.29 bits per heavy atom. The highest BCUT2D eigenvalue weighted by atomic mass is 28.4. The van der Waals surface area contributed by atoms with Gasteiger partial charge in [-0.25, -0.2) is 0 Å². The fourth-order valence-electron chi connectivity index (χ4n) is 2.59. The molecule has 0 fully saturated rings. The van der Waals surface area contributed by atoms with Gasteiger partial charge in [0, 0.05) is 20.4 Å². The quantitative estimate of drug-likeness (QED) is 0.604. The van der Waals surface area contributed by atoms with Crippen molar-refractivity contribution in [2.24, 2.45) is 0 Å². The Kier molecular flexibility index (Phi) is 7.83. The largest absolute Gasteiger partial charge is 0.397 e. The summed E-state index contributed by atoms with van der Waals surface area (Å²) >= 11 is 0. The van der Waals surface area contributed by atoms with Crippen molar-refractivity contribution in [2.75, 3.05) is 26.9 Å². The van der Waals surface area contributed by atoms with E-state index in [0.29, 0.717) is 0 Å². The first kappa shape index (κ1) is 17.3. The molecule has 0 aliphatic carbocycles. The normalized spacial score (nSPS) is 13.4. The summed E-state index contributed by atoms with van der Waals surface area (Å²) in [6.45, 7) is 12.6. The van der Waals surface area contributed by atoms with Crippen molar-refractivity contribution in [3.8, 4) is 0 Å². The number of hydrogen-bond donors (Lipinski definition) is 0. The van der Waals surface area contributed by atoms with E-state index >= 15 is 0 Å². The van der Waals surface area contributed by atoms with Gasteiger partial charge < -0.3 is 13.4 Å². The van der Waals surface area contributed by atoms with Crippen LogP contribution in [0.5, 0.6) is 0 Å². The minimum atomic E-state index is -1.98. The third-order valence-electron chi connectivity index (χ3n) is 4.37. The summed E-state index contributed by atoms with van der Waals surface area (Å²) in [5, 5.41) is 0. The summed E-state index contributed by atoms with van der Waals surface area (Å²) in [7, 11) is 0.316. The Morgan fingerprint density at radius 3 is 1.53 bits per heavy atom. The molecule has 0 radical (unpaired) electrons. The highest BCUT2D eigenvalue weighted by molar-refractivity contribution is 6.78. The van der Waals surface area contributed by atoms with E-state index in [0.717, 1.165) is 12.7 Å². The molecule has 0 aromatic rings. The van der Waals surface area contributed by atoms with Crippen LogP contribution >= 0.6 is 0 Å². The smallest absolute Gasteiger partial charge is 0.348 e. The lowest BCUT2D eigenvalue weighted by atomic mass is 10.8. The van der Waals surface area contributed by atoms with Crippen LogP contribution in [0.25, 0.3) is 0 Å². The van der Waals surface area contributed by atoms with Gasteiger partial charge in [-0.05, 0) is 31.2 Å². The van der Waals surface area contributed by atoms with Crippen LogP contribution in [0.4, 0.5) is 0 Å². The first-order valence-corrected chi connectivity index (χ1v) is 11.9. The summed E-state index contributed by atoms with van der Waals surface area (Å²) in [5.74, 6) is 0. The summed E-state index contributed by atoms with van der Waals surface area (Å²) in [6.07, 6.45) is 1.01. The van der Waals surface area contributed by atoms with E-state index in [9.17, 15) is 0 Å². The monoisotopic (exact) mass is 277 g/mol. The molecule has 0 aliphatic rings. The van der Waals surface area contributed by atoms with Gasteiger partial charge in [-0.15, -0.1) is 0 Å². The van der Waals surface area contributed by atoms with Crippen LogP contribution < -0.4 is 0 Å². The van der Waals surface area contributed by atoms with E-state index < -0.39 is 16.8 Å². The van der Waals surface area contributed by atoms with E-state index in [1.54, 1.807) is 14.2 Å². The predicted octanol–water partition coefficient (Wildman–Crippen LogP) is 3.22. The Morgan fingerprint density at radius 1 is 0.882 bits per heavy atom. The van der Waals surface area contributed by atoms with E-state index in [1.165, 1.54) is 18.1 Å². The fraction of sp³-hybridized carbons (Fsp3) is 1.00. The maximum atomic E-state index is 5.65. The molecule has 5 heteroatoms. The van der Waals surface area contributed by atoms with Crippen LogP contribution in [0.1, 0.15) is 27.7 Å². The standard InChI is InChI=1S/C12H31NO2Si2/c1-8-13(12-16(7,14-5)15-6)17(9-2,10-3)11-4/h8-12H2,1-7H3. The van der Waals surface area contributed by atoms with Gasteiger partial charge in [0.2, 0.25) is 0 Å². The summed E-state index contributed by atoms with van der Waals surface area (Å²) in [4.78, 5) is 0. The molecule has 3 nitrogen and oxygen atoms in total. The molecule has 0 amide bonds. The molecule has 104 valence electrons. The summed E-state index contributed by atoms with van der Waals surface area (Å²) < 4.78 is 14.0. The average molecular weight is 278 g/mol. The highest BCUT2D eigenvalue weighted by Crippen LogP contribution is 2.26. The second-order valence-electron chi connectivity index (χ2n) is 4.84. The minimum Gasteiger partial charge on any atom is -0.397 e. The average Bonchev–Trinajstić information content (AvgIpc) is 2.39. The first-order valence-electron chi connectivity index (χ1n) is 6.82. The molecule has 0 N–H and O–H groups in total. The van der Waals surface area contributed by atoms with Crippen molar-refractivity contribution in [1.29, 1.82) is 0 Å². The van der Waals surface area contributed by atoms with E-state index in [-0.39, 0.29) is 0 Å². The number of hydrogen-bond acceptors (Lipinski definition) is 3. The van der Waals surface area contributed by atoms with Crippen LogP contribution in [-0.4, -0.2) is 48.3 Å². The highest BCUT2D eigenvalue weighted by Gasteiger charge is 2.40. The molecule has 0 spiro atoms. The molecule has 0 saturated heterocycles. The summed E-state index contributed by atoms with van der Waals surface area (Å²) in [6, 6.07) is 3.98. The predicted molar refractivity (Wildman–Crippen MR) is 80.1 cm³/mol. The third kappa shape index (κ3) is 4.17. The SMILES string of the molecule is CCN(C[Si](C)(OC)OC)[Si](CC)(CC)CC. The zero-order valence-electron chi connectivity index (χ0n) is 12.8. The van der Waals surface area contributed by atoms with Crippen molar-refractivity contribution >= 4 is 16.8 Å². The van der Waals surface area contributed by atoms with Gasteiger partial charge in [0.05, 0.1) is 0 Å². The lowest BCUT2D eigenvalue weighted by Gasteiger charge is -2.43. The topological polar surface area (TPSA) is 21.7 Å². The van der Waals surface area contributed by atoms with Crippen LogP contribution in [0.3, 0.4) is 0 Å². The van der Waals surface area contributed by atoms with Gasteiger partial charge in [-0.2, -0.15) is 0 Å². The molecule has 0 aliphatic heterocycles. The number of rotatable bonds is 9. The van der Waals surface area contributed by atoms with E-state index in [2.05, 4.69) is 38.8 Å². The Bertz CT molecular complexity index is 198. The van der Waals surface area contributed by atoms with Crippen molar-refractivity contribution < 1.29 is 8.85 Å². The molecule has 0 bridgehead atoms. The van der Waals surface area contributed by atoms with Crippen molar-refractivity contribution in [3.05, 3.63) is 0 Å². The molecular weight excluding hydrogens is 246 g/mol. The molecule has 0 rings (SSSR count). The fourth-order valence-corrected chi connectivity index (χ4v) is 9.65. The van der Waals surface area contributed by atoms with E-state index in [1.807, 2.05) is 0 Å². The molecule has 0 atom stereocenters. The van der Waals surface area contributed by atoms with Crippen molar-refractivity contribution in [1.82, 2.24) is 4.57 Å².